The fourth-order valence-corrected chi connectivity index (χ4v) is 14.8. The molecule has 0 amide bonds. The van der Waals surface area contributed by atoms with Crippen LogP contribution in [0.1, 0.15) is 16.7 Å². The van der Waals surface area contributed by atoms with E-state index < -0.39 is 0 Å². The van der Waals surface area contributed by atoms with E-state index in [0.29, 0.717) is 34.9 Å². The highest BCUT2D eigenvalue weighted by atomic mass is 15.0. The van der Waals surface area contributed by atoms with Crippen molar-refractivity contribution in [3.8, 4) is 135 Å². The summed E-state index contributed by atoms with van der Waals surface area (Å²) in [6.45, 7) is 6.37. The van der Waals surface area contributed by atoms with Crippen LogP contribution >= 0.6 is 0 Å². The van der Waals surface area contributed by atoms with E-state index >= 15 is 0 Å². The Kier molecular flexibility index (Phi) is 17.2. The fraction of sp³-hybridized carbons (Fsp3) is 0.0303. The van der Waals surface area contributed by atoms with E-state index in [1.165, 1.54) is 77.1 Å². The summed E-state index contributed by atoms with van der Waals surface area (Å²) in [7, 11) is 0. The zero-order chi connectivity index (χ0) is 71.7. The smallest absolute Gasteiger partial charge is 0.164 e. The van der Waals surface area contributed by atoms with Gasteiger partial charge in [-0.3, -0.25) is 0 Å². The molecule has 107 heavy (non-hydrogen) atoms. The molecule has 19 aromatic rings. The number of para-hydroxylation sites is 1. The van der Waals surface area contributed by atoms with E-state index in [0.717, 1.165) is 83.6 Å². The number of hydrogen-bond donors (Lipinski definition) is 0. The van der Waals surface area contributed by atoms with Crippen molar-refractivity contribution < 1.29 is 0 Å². The highest BCUT2D eigenvalue weighted by Gasteiger charge is 2.23. The van der Waals surface area contributed by atoms with Crippen molar-refractivity contribution in [2.45, 2.75) is 20.8 Å². The van der Waals surface area contributed by atoms with E-state index in [2.05, 4.69) is 339 Å². The first kappa shape index (κ1) is 65.0. The minimum atomic E-state index is 0.637. The summed E-state index contributed by atoms with van der Waals surface area (Å²) >= 11 is 0. The Morgan fingerprint density at radius 3 is 0.981 bits per heavy atom. The lowest BCUT2D eigenvalue weighted by Gasteiger charge is -2.13. The van der Waals surface area contributed by atoms with Crippen molar-refractivity contribution in [3.05, 3.63) is 387 Å². The first-order chi connectivity index (χ1) is 52.8. The van der Waals surface area contributed by atoms with Gasteiger partial charge >= 0.3 is 0 Å². The summed E-state index contributed by atoms with van der Waals surface area (Å²) < 4.78 is 4.79. The number of hydrogen-bond acceptors (Lipinski definition) is 6. The minimum Gasteiger partial charge on any atom is -0.309 e. The van der Waals surface area contributed by atoms with Gasteiger partial charge in [0.1, 0.15) is 0 Å². The molecule has 0 atom stereocenters. The number of benzene rings is 15. The van der Waals surface area contributed by atoms with E-state index in [1.54, 1.807) is 0 Å². The average Bonchev–Trinajstić information content (AvgIpc) is 1.58. The van der Waals surface area contributed by atoms with Gasteiger partial charge in [0.25, 0.3) is 0 Å². The van der Waals surface area contributed by atoms with Crippen molar-refractivity contribution >= 4 is 43.6 Å². The molecule has 0 N–H and O–H groups in total. The van der Waals surface area contributed by atoms with Crippen molar-refractivity contribution in [1.82, 2.24) is 39.0 Å². The number of rotatable bonds is 13. The van der Waals surface area contributed by atoms with Crippen LogP contribution in [-0.2, 0) is 0 Å². The van der Waals surface area contributed by atoms with Crippen LogP contribution in [0, 0.1) is 20.8 Å². The second kappa shape index (κ2) is 28.3. The summed E-state index contributed by atoms with van der Waals surface area (Å²) in [5.74, 6) is 3.88. The molecule has 8 nitrogen and oxygen atoms in total. The molecule has 0 aliphatic carbocycles. The molecule has 4 heterocycles. The predicted octanol–water partition coefficient (Wildman–Crippen LogP) is 25.2. The molecule has 19 rings (SSSR count). The molecule has 0 aliphatic rings. The maximum Gasteiger partial charge on any atom is 0.164 e. The maximum absolute atomic E-state index is 5.07. The van der Waals surface area contributed by atoms with Gasteiger partial charge in [-0.05, 0) is 155 Å². The molecule has 0 saturated carbocycles. The molecule has 0 aliphatic heterocycles. The van der Waals surface area contributed by atoms with Gasteiger partial charge in [-0.1, -0.05) is 308 Å². The second-order valence-electron chi connectivity index (χ2n) is 27.2. The fourth-order valence-electron chi connectivity index (χ4n) is 14.8. The third-order valence-corrected chi connectivity index (χ3v) is 20.2. The van der Waals surface area contributed by atoms with Gasteiger partial charge in [0.2, 0.25) is 0 Å². The summed E-state index contributed by atoms with van der Waals surface area (Å²) in [6.07, 6.45) is 0. The van der Waals surface area contributed by atoms with Gasteiger partial charge in [-0.25, -0.2) is 29.9 Å². The summed E-state index contributed by atoms with van der Waals surface area (Å²) in [6, 6.07) is 130. The molecule has 0 radical (unpaired) electrons. The molecule has 0 saturated heterocycles. The monoisotopic (exact) mass is 1370 g/mol. The largest absolute Gasteiger partial charge is 0.309 e. The van der Waals surface area contributed by atoms with E-state index in [1.807, 2.05) is 60.7 Å². The second-order valence-corrected chi connectivity index (χ2v) is 27.2. The Morgan fingerprint density at radius 1 is 0.187 bits per heavy atom. The van der Waals surface area contributed by atoms with Crippen LogP contribution in [-0.4, -0.2) is 39.0 Å². The van der Waals surface area contributed by atoms with Crippen LogP contribution < -0.4 is 0 Å². The molecule has 506 valence electrons. The van der Waals surface area contributed by atoms with Crippen LogP contribution in [0.25, 0.3) is 179 Å². The summed E-state index contributed by atoms with van der Waals surface area (Å²) in [5, 5.41) is 4.82. The molecule has 15 aromatic carbocycles. The van der Waals surface area contributed by atoms with Gasteiger partial charge in [-0.2, -0.15) is 0 Å². The molecule has 0 fully saturated rings. The highest BCUT2D eigenvalue weighted by Crippen LogP contribution is 2.45. The van der Waals surface area contributed by atoms with Gasteiger partial charge in [0.15, 0.2) is 34.9 Å². The lowest BCUT2D eigenvalue weighted by molar-refractivity contribution is 1.07. The molecular formula is C99H70N8. The molecule has 0 bridgehead atoms. The topological polar surface area (TPSA) is 87.2 Å². The zero-order valence-electron chi connectivity index (χ0n) is 59.3. The van der Waals surface area contributed by atoms with Gasteiger partial charge in [0, 0.05) is 66.3 Å². The lowest BCUT2D eigenvalue weighted by atomic mass is 9.93. The quantitative estimate of drug-likeness (QED) is 0.114. The summed E-state index contributed by atoms with van der Waals surface area (Å²) in [4.78, 5) is 30.1. The minimum absolute atomic E-state index is 0.637. The lowest BCUT2D eigenvalue weighted by Crippen LogP contribution is -2.00. The average molecular weight is 1370 g/mol. The molecule has 8 heteroatoms. The van der Waals surface area contributed by atoms with Crippen LogP contribution in [0.3, 0.4) is 0 Å². The number of nitrogens with zero attached hydrogens (tertiary/aromatic N) is 8. The van der Waals surface area contributed by atoms with E-state index in [4.69, 9.17) is 29.9 Å². The Bertz CT molecular complexity index is 6350. The number of fused-ring (bicyclic) bond motifs is 6. The first-order valence-electron chi connectivity index (χ1n) is 36.2. The molecule has 0 spiro atoms. The third kappa shape index (κ3) is 12.8. The summed E-state index contributed by atoms with van der Waals surface area (Å²) in [5.41, 5.74) is 27.8. The molecule has 4 aromatic heterocycles. The van der Waals surface area contributed by atoms with Gasteiger partial charge in [-0.15, -0.1) is 0 Å². The Morgan fingerprint density at radius 2 is 0.505 bits per heavy atom. The van der Waals surface area contributed by atoms with Crippen LogP contribution in [0.2, 0.25) is 0 Å². The van der Waals surface area contributed by atoms with Crippen molar-refractivity contribution in [2.75, 3.05) is 0 Å². The van der Waals surface area contributed by atoms with Crippen LogP contribution in [0.4, 0.5) is 0 Å². The van der Waals surface area contributed by atoms with Crippen molar-refractivity contribution in [2.24, 2.45) is 0 Å². The number of aromatic nitrogens is 8. The van der Waals surface area contributed by atoms with Crippen LogP contribution in [0.15, 0.2) is 370 Å². The predicted molar refractivity (Wildman–Crippen MR) is 442 cm³/mol. The third-order valence-electron chi connectivity index (χ3n) is 20.2. The highest BCUT2D eigenvalue weighted by molar-refractivity contribution is 6.18. The normalized spacial score (nSPS) is 11.3. The maximum atomic E-state index is 5.07. The van der Waals surface area contributed by atoms with E-state index in [9.17, 15) is 0 Å². The Labute approximate surface area is 621 Å². The SMILES string of the molecule is Cc1ccc(-c2nc(-c3ccc(C)cc3)nc(-c3cccc(-c4cccc5c4c4cc(-c6ccccc6)ccc4n5-c4ccccc4)c3)n2)cc1.Cc1ccc(-c2nc(-c3ccccc3)nc(-c3ccccc3)n2)cc1-c1cccc2c1c1cc(-c3ccccc3)ccc1n2-c1cccc(-c2ccccc2)c1. The Hall–Kier alpha value is -14.1. The Balaban J connectivity index is 0.000000152. The zero-order valence-corrected chi connectivity index (χ0v) is 59.3. The van der Waals surface area contributed by atoms with Crippen molar-refractivity contribution in [1.29, 1.82) is 0 Å². The van der Waals surface area contributed by atoms with E-state index in [-0.39, 0.29) is 0 Å². The van der Waals surface area contributed by atoms with Gasteiger partial charge in [0.05, 0.1) is 22.1 Å². The number of aryl methyl sites for hydroxylation is 3. The van der Waals surface area contributed by atoms with Crippen molar-refractivity contribution in [3.63, 3.8) is 0 Å². The first-order valence-corrected chi connectivity index (χ1v) is 36.2. The standard InChI is InChI=1S/C52H36N4.C47H34N4/c1-35-28-29-42(52-54-50(38-20-10-4-11-21-38)53-51(55-52)39-22-12-5-13-23-39)34-45(35)44-26-15-27-48-49(44)46-33-41(37-18-8-3-9-19-37)30-31-47(46)56(48)43-25-14-24-40(32-43)36-16-6-2-7-17-36;1-31-19-23-34(24-20-31)45-48-46(35-25-21-32(2)22-26-35)50-47(49-45)38-14-9-13-37(29-38)40-17-10-18-43-44(40)41-30-36(33-11-5-3-6-12-33)27-28-42(41)51(43)39-15-7-4-8-16-39/h2-34H,1H3;3-30H,1-2H3. The van der Waals surface area contributed by atoms with Gasteiger partial charge < -0.3 is 9.13 Å². The van der Waals surface area contributed by atoms with Crippen LogP contribution in [0.5, 0.6) is 0 Å². The molecule has 0 unspecified atom stereocenters. The molecular weight excluding hydrogens is 1300 g/mol.